The molecule has 7 heteroatoms. The van der Waals surface area contributed by atoms with E-state index in [-0.39, 0.29) is 42.0 Å². The molecule has 0 amide bonds. The Morgan fingerprint density at radius 1 is 1.15 bits per heavy atom. The molecule has 2 aliphatic carbocycles. The van der Waals surface area contributed by atoms with E-state index in [2.05, 4.69) is 10.8 Å². The fraction of sp³-hybridized carbons (Fsp3) is 0.550. The van der Waals surface area contributed by atoms with Crippen molar-refractivity contribution in [1.82, 2.24) is 4.72 Å². The number of benzene rings is 1. The molecule has 27 heavy (non-hydrogen) atoms. The first-order valence-corrected chi connectivity index (χ1v) is 10.9. The van der Waals surface area contributed by atoms with Crippen LogP contribution in [-0.2, 0) is 14.8 Å². The van der Waals surface area contributed by atoms with Gasteiger partial charge in [-0.15, -0.1) is 0 Å². The van der Waals surface area contributed by atoms with Gasteiger partial charge in [-0.3, -0.25) is 0 Å². The number of rotatable bonds is 9. The van der Waals surface area contributed by atoms with Crippen molar-refractivity contribution in [3.05, 3.63) is 42.5 Å². The minimum Gasteiger partial charge on any atom is -0.550 e. The van der Waals surface area contributed by atoms with Crippen LogP contribution in [0.1, 0.15) is 44.9 Å². The smallest absolute Gasteiger partial charge is 0.550 e. The molecule has 142 valence electrons. The van der Waals surface area contributed by atoms with Gasteiger partial charge in [0.2, 0.25) is 10.0 Å². The maximum absolute atomic E-state index is 12.7. The van der Waals surface area contributed by atoms with Gasteiger partial charge in [0.1, 0.15) is 0 Å². The van der Waals surface area contributed by atoms with Gasteiger partial charge in [0, 0.05) is 12.0 Å². The number of carboxylic acid groups (broad SMARTS) is 1. The van der Waals surface area contributed by atoms with Crippen LogP contribution in [0.3, 0.4) is 0 Å². The van der Waals surface area contributed by atoms with E-state index >= 15 is 0 Å². The van der Waals surface area contributed by atoms with Gasteiger partial charge in [-0.2, -0.15) is 0 Å². The molecule has 0 radical (unpaired) electrons. The van der Waals surface area contributed by atoms with Crippen LogP contribution in [0, 0.1) is 17.8 Å². The Hall–Kier alpha value is -0.660. The number of carbonyl (C=O) groups excluding carboxylic acids is 1. The summed E-state index contributed by atoms with van der Waals surface area (Å²) < 4.78 is 28.4. The van der Waals surface area contributed by atoms with Crippen LogP contribution in [0.5, 0.6) is 0 Å². The third kappa shape index (κ3) is 5.91. The maximum Gasteiger partial charge on any atom is 1.00 e. The summed E-state index contributed by atoms with van der Waals surface area (Å²) in [7, 11) is -3.49. The van der Waals surface area contributed by atoms with E-state index in [1.165, 1.54) is 6.42 Å². The standard InChI is InChI=1S/C20H27NO4S.Na/c22-19(23)11-7-2-1-6-10-18-15-12-13-16(14-15)20(18)21-26(24,25)17-8-4-3-5-9-17;/h1,3-6,8-9,15-16,18,20-21H,2,7,10-14H2,(H,22,23);/q;+1/p-1/b6-1-;/t15?,16-,18+,20+;/m0./s1. The average molecular weight is 399 g/mol. The van der Waals surface area contributed by atoms with Crippen molar-refractivity contribution in [3.8, 4) is 0 Å². The quantitative estimate of drug-likeness (QED) is 0.336. The van der Waals surface area contributed by atoms with Gasteiger partial charge in [0.25, 0.3) is 0 Å². The summed E-state index contributed by atoms with van der Waals surface area (Å²) >= 11 is 0. The van der Waals surface area contributed by atoms with Crippen LogP contribution in [0.15, 0.2) is 47.4 Å². The Kier molecular flexibility index (Phi) is 8.56. The summed E-state index contributed by atoms with van der Waals surface area (Å²) in [5.41, 5.74) is 0. The van der Waals surface area contributed by atoms with Crippen LogP contribution in [-0.4, -0.2) is 20.4 Å². The number of fused-ring (bicyclic) bond motifs is 2. The summed E-state index contributed by atoms with van der Waals surface area (Å²) in [4.78, 5) is 10.7. The maximum atomic E-state index is 12.7. The molecule has 1 aromatic carbocycles. The second-order valence-electron chi connectivity index (χ2n) is 7.43. The van der Waals surface area contributed by atoms with E-state index < -0.39 is 16.0 Å². The number of sulfonamides is 1. The van der Waals surface area contributed by atoms with Crippen molar-refractivity contribution in [2.75, 3.05) is 0 Å². The minimum atomic E-state index is -3.49. The topological polar surface area (TPSA) is 86.3 Å². The zero-order valence-corrected chi connectivity index (χ0v) is 18.7. The summed E-state index contributed by atoms with van der Waals surface area (Å²) in [5.74, 6) is 0.317. The second kappa shape index (κ2) is 10.2. The molecular weight excluding hydrogens is 373 g/mol. The number of hydrogen-bond donors (Lipinski definition) is 1. The molecule has 3 rings (SSSR count). The normalized spacial score (nSPS) is 27.0. The van der Waals surface area contributed by atoms with E-state index in [9.17, 15) is 18.3 Å². The number of carboxylic acids is 1. The van der Waals surface area contributed by atoms with Gasteiger partial charge in [0.05, 0.1) is 4.90 Å². The summed E-state index contributed by atoms with van der Waals surface area (Å²) in [6.07, 6.45) is 9.70. The number of carbonyl (C=O) groups is 1. The van der Waals surface area contributed by atoms with Crippen LogP contribution >= 0.6 is 0 Å². The Morgan fingerprint density at radius 2 is 1.85 bits per heavy atom. The molecule has 1 N–H and O–H groups in total. The number of hydrogen-bond acceptors (Lipinski definition) is 4. The SMILES string of the molecule is O=C([O-])CCC/C=C\C[C@@H]1C2CC[C@@H](C2)[C@H]1NS(=O)(=O)c1ccccc1.[Na+]. The third-order valence-corrected chi connectivity index (χ3v) is 7.23. The molecule has 5 nitrogen and oxygen atoms in total. The van der Waals surface area contributed by atoms with Crippen LogP contribution in [0.2, 0.25) is 0 Å². The van der Waals surface area contributed by atoms with Crippen LogP contribution in [0.25, 0.3) is 0 Å². The predicted molar refractivity (Wildman–Crippen MR) is 97.5 cm³/mol. The second-order valence-corrected chi connectivity index (χ2v) is 9.14. The fourth-order valence-corrected chi connectivity index (χ4v) is 5.89. The molecule has 2 fully saturated rings. The molecule has 0 aromatic heterocycles. The molecule has 0 spiro atoms. The van der Waals surface area contributed by atoms with Crippen molar-refractivity contribution < 1.29 is 47.9 Å². The first kappa shape index (κ1) is 22.6. The molecule has 0 saturated heterocycles. The van der Waals surface area contributed by atoms with Crippen molar-refractivity contribution in [2.45, 2.75) is 55.9 Å². The Labute approximate surface area is 184 Å². The van der Waals surface area contributed by atoms with E-state index in [0.717, 1.165) is 25.7 Å². The van der Waals surface area contributed by atoms with Crippen molar-refractivity contribution in [3.63, 3.8) is 0 Å². The summed E-state index contributed by atoms with van der Waals surface area (Å²) in [6.45, 7) is 0. The Balaban J connectivity index is 0.00000261. The zero-order valence-electron chi connectivity index (χ0n) is 15.8. The molecule has 2 bridgehead atoms. The van der Waals surface area contributed by atoms with Crippen LogP contribution in [0.4, 0.5) is 0 Å². The minimum absolute atomic E-state index is 0. The molecule has 0 aliphatic heterocycles. The van der Waals surface area contributed by atoms with Gasteiger partial charge in [-0.05, 0) is 74.8 Å². The third-order valence-electron chi connectivity index (χ3n) is 5.76. The predicted octanol–water partition coefficient (Wildman–Crippen LogP) is -0.750. The monoisotopic (exact) mass is 399 g/mol. The first-order chi connectivity index (χ1) is 12.5. The number of unbranched alkanes of at least 4 members (excludes halogenated alkanes) is 1. The largest absolute Gasteiger partial charge is 1.00 e. The number of aliphatic carboxylic acids is 1. The number of nitrogens with one attached hydrogen (secondary N) is 1. The van der Waals surface area contributed by atoms with Crippen molar-refractivity contribution in [2.24, 2.45) is 17.8 Å². The van der Waals surface area contributed by atoms with E-state index in [1.807, 2.05) is 12.1 Å². The molecule has 2 saturated carbocycles. The Morgan fingerprint density at radius 3 is 2.56 bits per heavy atom. The molecule has 2 aliphatic rings. The number of allylic oxidation sites excluding steroid dienone is 2. The first-order valence-electron chi connectivity index (χ1n) is 9.39. The fourth-order valence-electron chi connectivity index (χ4n) is 4.52. The van der Waals surface area contributed by atoms with Crippen LogP contribution < -0.4 is 39.4 Å². The molecule has 0 heterocycles. The molecule has 1 unspecified atom stereocenters. The Bertz CT molecular complexity index is 751. The van der Waals surface area contributed by atoms with Crippen molar-refractivity contribution in [1.29, 1.82) is 0 Å². The summed E-state index contributed by atoms with van der Waals surface area (Å²) in [6, 6.07) is 8.53. The van der Waals surface area contributed by atoms with Gasteiger partial charge < -0.3 is 9.90 Å². The van der Waals surface area contributed by atoms with Gasteiger partial charge >= 0.3 is 29.6 Å². The average Bonchev–Trinajstić information content (AvgIpc) is 3.20. The van der Waals surface area contributed by atoms with Crippen molar-refractivity contribution >= 4 is 16.0 Å². The van der Waals surface area contributed by atoms with E-state index in [4.69, 9.17) is 0 Å². The molecule has 1 aromatic rings. The van der Waals surface area contributed by atoms with E-state index in [0.29, 0.717) is 29.1 Å². The summed E-state index contributed by atoms with van der Waals surface area (Å²) in [5, 5.41) is 10.4. The zero-order chi connectivity index (χ0) is 18.6. The van der Waals surface area contributed by atoms with Gasteiger partial charge in [-0.25, -0.2) is 13.1 Å². The van der Waals surface area contributed by atoms with E-state index in [1.54, 1.807) is 24.3 Å². The molecular formula is C20H26NNaO4S. The van der Waals surface area contributed by atoms with Gasteiger partial charge in [0.15, 0.2) is 0 Å². The van der Waals surface area contributed by atoms with Gasteiger partial charge in [-0.1, -0.05) is 30.4 Å². The molecule has 4 atom stereocenters.